The number of benzene rings is 3. The van der Waals surface area contributed by atoms with Crippen molar-refractivity contribution >= 4 is 17.3 Å². The minimum absolute atomic E-state index is 0.0818. The molecule has 0 saturated heterocycles. The molecule has 0 unspecified atom stereocenters. The number of carbonyl (C=O) groups excluding carboxylic acids is 1. The molecule has 0 bridgehead atoms. The first-order valence-electron chi connectivity index (χ1n) is 9.26. The van der Waals surface area contributed by atoms with Gasteiger partial charge in [0.05, 0.1) is 19.9 Å². The van der Waals surface area contributed by atoms with E-state index >= 15 is 0 Å². The number of amides is 1. The fourth-order valence-corrected chi connectivity index (χ4v) is 2.71. The molecule has 6 nitrogen and oxygen atoms in total. The van der Waals surface area contributed by atoms with Crippen molar-refractivity contribution in [2.45, 2.75) is 6.42 Å². The van der Waals surface area contributed by atoms with Crippen LogP contribution in [-0.4, -0.2) is 26.7 Å². The maximum atomic E-state index is 12.2. The summed E-state index contributed by atoms with van der Waals surface area (Å²) in [6, 6.07) is 22.3. The zero-order valence-corrected chi connectivity index (χ0v) is 16.5. The summed E-state index contributed by atoms with van der Waals surface area (Å²) < 4.78 is 16.3. The minimum atomic E-state index is -0.0818. The van der Waals surface area contributed by atoms with Gasteiger partial charge in [0.1, 0.15) is 23.0 Å². The third kappa shape index (κ3) is 5.90. The normalized spacial score (nSPS) is 10.1. The van der Waals surface area contributed by atoms with Crippen molar-refractivity contribution in [1.82, 2.24) is 0 Å². The molecule has 3 rings (SSSR count). The highest BCUT2D eigenvalue weighted by atomic mass is 16.5. The summed E-state index contributed by atoms with van der Waals surface area (Å²) in [6.45, 7) is 0.476. The van der Waals surface area contributed by atoms with Gasteiger partial charge >= 0.3 is 0 Å². The highest BCUT2D eigenvalue weighted by molar-refractivity contribution is 5.91. The fraction of sp³-hybridized carbons (Fsp3) is 0.174. The van der Waals surface area contributed by atoms with Crippen molar-refractivity contribution in [1.29, 1.82) is 0 Å². The van der Waals surface area contributed by atoms with Crippen LogP contribution in [0.5, 0.6) is 23.0 Å². The third-order valence-electron chi connectivity index (χ3n) is 4.19. The van der Waals surface area contributed by atoms with E-state index in [4.69, 9.17) is 14.2 Å². The van der Waals surface area contributed by atoms with Gasteiger partial charge in [-0.15, -0.1) is 0 Å². The van der Waals surface area contributed by atoms with Gasteiger partial charge in [-0.1, -0.05) is 18.2 Å². The summed E-state index contributed by atoms with van der Waals surface area (Å²) in [5, 5.41) is 6.09. The average molecular weight is 392 g/mol. The number of anilines is 2. The van der Waals surface area contributed by atoms with E-state index in [2.05, 4.69) is 10.6 Å². The Morgan fingerprint density at radius 1 is 0.828 bits per heavy atom. The Bertz CT molecular complexity index is 927. The van der Waals surface area contributed by atoms with Gasteiger partial charge in [0, 0.05) is 24.7 Å². The van der Waals surface area contributed by atoms with Crippen molar-refractivity contribution in [2.75, 3.05) is 31.4 Å². The number of ether oxygens (including phenoxy) is 3. The monoisotopic (exact) mass is 392 g/mol. The van der Waals surface area contributed by atoms with E-state index in [1.807, 2.05) is 66.7 Å². The molecule has 0 atom stereocenters. The van der Waals surface area contributed by atoms with Gasteiger partial charge in [-0.2, -0.15) is 0 Å². The van der Waals surface area contributed by atoms with Crippen LogP contribution in [0.1, 0.15) is 6.42 Å². The Morgan fingerprint density at radius 2 is 1.52 bits per heavy atom. The molecule has 150 valence electrons. The van der Waals surface area contributed by atoms with Gasteiger partial charge in [0.15, 0.2) is 0 Å². The molecule has 0 heterocycles. The maximum absolute atomic E-state index is 12.2. The molecule has 0 aliphatic carbocycles. The molecular formula is C23H24N2O4. The van der Waals surface area contributed by atoms with Crippen molar-refractivity contribution in [3.63, 3.8) is 0 Å². The lowest BCUT2D eigenvalue weighted by Gasteiger charge is -2.12. The van der Waals surface area contributed by atoms with E-state index in [9.17, 15) is 4.79 Å². The molecule has 3 aromatic carbocycles. The van der Waals surface area contributed by atoms with Crippen LogP contribution in [0.2, 0.25) is 0 Å². The molecule has 29 heavy (non-hydrogen) atoms. The Hall–Kier alpha value is -3.67. The molecule has 1 amide bonds. The molecule has 0 aromatic heterocycles. The molecular weight excluding hydrogens is 368 g/mol. The van der Waals surface area contributed by atoms with Gasteiger partial charge < -0.3 is 24.8 Å². The van der Waals surface area contributed by atoms with Crippen LogP contribution < -0.4 is 24.8 Å². The minimum Gasteiger partial charge on any atom is -0.497 e. The second-order valence-corrected chi connectivity index (χ2v) is 6.23. The van der Waals surface area contributed by atoms with Crippen LogP contribution >= 0.6 is 0 Å². The standard InChI is InChI=1S/C23H24N2O4/c1-27-20-12-13-21(22(16-20)28-2)24-15-14-23(26)25-17-8-10-19(11-9-17)29-18-6-4-3-5-7-18/h3-13,16,24H,14-15H2,1-2H3,(H,25,26). The van der Waals surface area contributed by atoms with Crippen molar-refractivity contribution in [3.8, 4) is 23.0 Å². The van der Waals surface area contributed by atoms with Crippen LogP contribution in [0.3, 0.4) is 0 Å². The fourth-order valence-electron chi connectivity index (χ4n) is 2.71. The highest BCUT2D eigenvalue weighted by Gasteiger charge is 2.07. The lowest BCUT2D eigenvalue weighted by atomic mass is 10.2. The van der Waals surface area contributed by atoms with E-state index < -0.39 is 0 Å². The quantitative estimate of drug-likeness (QED) is 0.540. The number of para-hydroxylation sites is 1. The first-order chi connectivity index (χ1) is 14.2. The predicted octanol–water partition coefficient (Wildman–Crippen LogP) is 4.94. The topological polar surface area (TPSA) is 68.8 Å². The summed E-state index contributed by atoms with van der Waals surface area (Å²) in [6.07, 6.45) is 0.317. The van der Waals surface area contributed by atoms with Crippen LogP contribution in [0.15, 0.2) is 72.8 Å². The van der Waals surface area contributed by atoms with Crippen LogP contribution in [0, 0.1) is 0 Å². The Morgan fingerprint density at radius 3 is 2.21 bits per heavy atom. The largest absolute Gasteiger partial charge is 0.497 e. The number of nitrogens with one attached hydrogen (secondary N) is 2. The maximum Gasteiger partial charge on any atom is 0.226 e. The first-order valence-corrected chi connectivity index (χ1v) is 9.26. The van der Waals surface area contributed by atoms with Gasteiger partial charge in [-0.3, -0.25) is 4.79 Å². The number of hydrogen-bond donors (Lipinski definition) is 2. The highest BCUT2D eigenvalue weighted by Crippen LogP contribution is 2.29. The summed E-state index contributed by atoms with van der Waals surface area (Å²) in [7, 11) is 3.20. The SMILES string of the molecule is COc1ccc(NCCC(=O)Nc2ccc(Oc3ccccc3)cc2)c(OC)c1. The number of methoxy groups -OCH3 is 2. The van der Waals surface area contributed by atoms with E-state index in [0.29, 0.717) is 30.2 Å². The zero-order chi connectivity index (χ0) is 20.5. The van der Waals surface area contributed by atoms with Crippen molar-refractivity contribution in [3.05, 3.63) is 72.8 Å². The summed E-state index contributed by atoms with van der Waals surface area (Å²) >= 11 is 0. The molecule has 0 aliphatic heterocycles. The zero-order valence-electron chi connectivity index (χ0n) is 16.5. The lowest BCUT2D eigenvalue weighted by molar-refractivity contribution is -0.115. The van der Waals surface area contributed by atoms with Gasteiger partial charge in [0.25, 0.3) is 0 Å². The molecule has 6 heteroatoms. The lowest BCUT2D eigenvalue weighted by Crippen LogP contribution is -2.16. The van der Waals surface area contributed by atoms with E-state index in [1.54, 1.807) is 20.3 Å². The van der Waals surface area contributed by atoms with Gasteiger partial charge in [0.2, 0.25) is 5.91 Å². The van der Waals surface area contributed by atoms with Gasteiger partial charge in [-0.05, 0) is 48.5 Å². The second-order valence-electron chi connectivity index (χ2n) is 6.23. The Balaban J connectivity index is 1.47. The molecule has 0 aliphatic rings. The molecule has 0 saturated carbocycles. The number of hydrogen-bond acceptors (Lipinski definition) is 5. The van der Waals surface area contributed by atoms with E-state index in [1.165, 1.54) is 0 Å². The van der Waals surface area contributed by atoms with Crippen LogP contribution in [0.4, 0.5) is 11.4 Å². The van der Waals surface area contributed by atoms with Crippen LogP contribution in [-0.2, 0) is 4.79 Å². The van der Waals surface area contributed by atoms with Crippen LogP contribution in [0.25, 0.3) is 0 Å². The summed E-state index contributed by atoms with van der Waals surface area (Å²) in [4.78, 5) is 12.2. The second kappa shape index (κ2) is 10.0. The molecule has 0 fully saturated rings. The predicted molar refractivity (Wildman–Crippen MR) is 114 cm³/mol. The molecule has 3 aromatic rings. The van der Waals surface area contributed by atoms with E-state index in [-0.39, 0.29) is 5.91 Å². The molecule has 0 radical (unpaired) electrons. The Kier molecular flexibility index (Phi) is 6.95. The average Bonchev–Trinajstić information content (AvgIpc) is 2.76. The number of rotatable bonds is 9. The van der Waals surface area contributed by atoms with Crippen molar-refractivity contribution < 1.29 is 19.0 Å². The summed E-state index contributed by atoms with van der Waals surface area (Å²) in [5.41, 5.74) is 1.53. The first kappa shape index (κ1) is 20.1. The summed E-state index contributed by atoms with van der Waals surface area (Å²) in [5.74, 6) is 2.78. The molecule has 0 spiro atoms. The number of carbonyl (C=O) groups is 1. The van der Waals surface area contributed by atoms with Crippen molar-refractivity contribution in [2.24, 2.45) is 0 Å². The smallest absolute Gasteiger partial charge is 0.226 e. The van der Waals surface area contributed by atoms with E-state index in [0.717, 1.165) is 17.1 Å². The van der Waals surface area contributed by atoms with Gasteiger partial charge in [-0.25, -0.2) is 0 Å². The molecule has 2 N–H and O–H groups in total. The Labute approximate surface area is 170 Å². The third-order valence-corrected chi connectivity index (χ3v) is 4.19.